The van der Waals surface area contributed by atoms with Gasteiger partial charge in [-0.05, 0) is 44.9 Å². The Kier molecular flexibility index (Phi) is 4.64. The van der Waals surface area contributed by atoms with Gasteiger partial charge in [-0.25, -0.2) is 17.5 Å². The zero-order valence-corrected chi connectivity index (χ0v) is 13.3. The van der Waals surface area contributed by atoms with Crippen LogP contribution in [-0.4, -0.2) is 19.9 Å². The summed E-state index contributed by atoms with van der Waals surface area (Å²) in [5.74, 6) is -1.30. The van der Waals surface area contributed by atoms with Crippen LogP contribution in [0.3, 0.4) is 0 Å². The van der Waals surface area contributed by atoms with E-state index in [1.165, 1.54) is 27.7 Å². The first-order valence-electron chi connectivity index (χ1n) is 6.25. The quantitative estimate of drug-likeness (QED) is 0.701. The highest BCUT2D eigenvalue weighted by atomic mass is 32.2. The summed E-state index contributed by atoms with van der Waals surface area (Å²) < 4.78 is 40.9. The number of primary amides is 1. The fraction of sp³-hybridized carbons (Fsp3) is 0.462. The SMILES string of the molecule is Cc1cc(F)c(N)c(C)c1S(=O)(=O)NC(C)(C)CC(N)=O. The molecule has 1 aromatic carbocycles. The number of rotatable bonds is 5. The molecule has 0 saturated carbocycles. The molecule has 5 N–H and O–H groups in total. The van der Waals surface area contributed by atoms with Gasteiger partial charge in [0.25, 0.3) is 0 Å². The van der Waals surface area contributed by atoms with Gasteiger partial charge in [0, 0.05) is 12.0 Å². The molecule has 0 atom stereocenters. The molecule has 0 bridgehead atoms. The summed E-state index contributed by atoms with van der Waals surface area (Å²) in [7, 11) is -3.97. The Morgan fingerprint density at radius 2 is 1.90 bits per heavy atom. The predicted octanol–water partition coefficient (Wildman–Crippen LogP) is 0.957. The van der Waals surface area contributed by atoms with Gasteiger partial charge in [-0.2, -0.15) is 0 Å². The summed E-state index contributed by atoms with van der Waals surface area (Å²) in [4.78, 5) is 10.9. The minimum Gasteiger partial charge on any atom is -0.396 e. The van der Waals surface area contributed by atoms with Gasteiger partial charge >= 0.3 is 0 Å². The molecule has 0 unspecified atom stereocenters. The second-order valence-electron chi connectivity index (χ2n) is 5.68. The van der Waals surface area contributed by atoms with Crippen molar-refractivity contribution >= 4 is 21.6 Å². The molecule has 0 spiro atoms. The van der Waals surface area contributed by atoms with Crippen molar-refractivity contribution in [3.8, 4) is 0 Å². The minimum atomic E-state index is -3.97. The van der Waals surface area contributed by atoms with E-state index < -0.39 is 27.3 Å². The lowest BCUT2D eigenvalue weighted by Crippen LogP contribution is -2.46. The fourth-order valence-electron chi connectivity index (χ4n) is 2.23. The lowest BCUT2D eigenvalue weighted by molar-refractivity contribution is -0.119. The van der Waals surface area contributed by atoms with Gasteiger partial charge in [0.15, 0.2) is 0 Å². The largest absolute Gasteiger partial charge is 0.396 e. The van der Waals surface area contributed by atoms with Crippen LogP contribution in [0.5, 0.6) is 0 Å². The molecular formula is C13H20FN3O3S. The highest BCUT2D eigenvalue weighted by molar-refractivity contribution is 7.89. The standard InChI is InChI=1S/C13H20FN3O3S/c1-7-5-9(14)11(16)8(2)12(7)21(19,20)17-13(3,4)6-10(15)18/h5,17H,6,16H2,1-4H3,(H2,15,18). The van der Waals surface area contributed by atoms with Crippen LogP contribution in [-0.2, 0) is 14.8 Å². The van der Waals surface area contributed by atoms with Crippen molar-refractivity contribution in [2.24, 2.45) is 5.73 Å². The Morgan fingerprint density at radius 3 is 2.38 bits per heavy atom. The number of nitrogens with two attached hydrogens (primary N) is 2. The number of carbonyl (C=O) groups is 1. The summed E-state index contributed by atoms with van der Waals surface area (Å²) in [6.07, 6.45) is -0.166. The van der Waals surface area contributed by atoms with E-state index in [-0.39, 0.29) is 28.1 Å². The predicted molar refractivity (Wildman–Crippen MR) is 78.5 cm³/mol. The number of benzene rings is 1. The lowest BCUT2D eigenvalue weighted by atomic mass is 10.0. The molecule has 0 aliphatic heterocycles. The van der Waals surface area contributed by atoms with Crippen LogP contribution in [0.25, 0.3) is 0 Å². The molecule has 0 aliphatic rings. The van der Waals surface area contributed by atoms with Gasteiger partial charge in [-0.3, -0.25) is 4.79 Å². The highest BCUT2D eigenvalue weighted by Crippen LogP contribution is 2.28. The van der Waals surface area contributed by atoms with Crippen molar-refractivity contribution in [2.45, 2.75) is 44.6 Å². The number of hydrogen-bond donors (Lipinski definition) is 3. The average molecular weight is 317 g/mol. The molecule has 1 amide bonds. The first-order valence-corrected chi connectivity index (χ1v) is 7.73. The van der Waals surface area contributed by atoms with Crippen molar-refractivity contribution in [1.82, 2.24) is 4.72 Å². The van der Waals surface area contributed by atoms with E-state index in [2.05, 4.69) is 4.72 Å². The highest BCUT2D eigenvalue weighted by Gasteiger charge is 2.30. The maximum atomic E-state index is 13.5. The van der Waals surface area contributed by atoms with E-state index in [9.17, 15) is 17.6 Å². The topological polar surface area (TPSA) is 115 Å². The molecule has 21 heavy (non-hydrogen) atoms. The number of carbonyl (C=O) groups excluding carboxylic acids is 1. The van der Waals surface area contributed by atoms with Crippen molar-refractivity contribution in [3.05, 3.63) is 23.0 Å². The average Bonchev–Trinajstić information content (AvgIpc) is 2.21. The third-order valence-corrected chi connectivity index (χ3v) is 4.99. The van der Waals surface area contributed by atoms with E-state index in [4.69, 9.17) is 11.5 Å². The van der Waals surface area contributed by atoms with Crippen LogP contribution in [0, 0.1) is 19.7 Å². The molecule has 0 radical (unpaired) electrons. The third kappa shape index (κ3) is 3.92. The van der Waals surface area contributed by atoms with Crippen LogP contribution < -0.4 is 16.2 Å². The molecule has 0 aliphatic carbocycles. The van der Waals surface area contributed by atoms with Crippen molar-refractivity contribution in [3.63, 3.8) is 0 Å². The van der Waals surface area contributed by atoms with Gasteiger partial charge in [0.05, 0.1) is 10.6 Å². The van der Waals surface area contributed by atoms with Crippen molar-refractivity contribution < 1.29 is 17.6 Å². The smallest absolute Gasteiger partial charge is 0.241 e. The molecule has 0 fully saturated rings. The van der Waals surface area contributed by atoms with E-state index >= 15 is 0 Å². The van der Waals surface area contributed by atoms with Crippen molar-refractivity contribution in [1.29, 1.82) is 0 Å². The first-order chi connectivity index (χ1) is 9.37. The number of nitrogen functional groups attached to an aromatic ring is 1. The molecule has 1 rings (SSSR count). The lowest BCUT2D eigenvalue weighted by Gasteiger charge is -2.25. The summed E-state index contributed by atoms with van der Waals surface area (Å²) in [5, 5.41) is 0. The summed E-state index contributed by atoms with van der Waals surface area (Å²) in [5.41, 5.74) is 9.74. The molecule has 6 nitrogen and oxygen atoms in total. The molecule has 0 aromatic heterocycles. The first kappa shape index (κ1) is 17.4. The van der Waals surface area contributed by atoms with Crippen LogP contribution >= 0.6 is 0 Å². The Hall–Kier alpha value is -1.67. The molecule has 8 heteroatoms. The summed E-state index contributed by atoms with van der Waals surface area (Å²) in [6.45, 7) is 5.98. The monoisotopic (exact) mass is 317 g/mol. The number of anilines is 1. The van der Waals surface area contributed by atoms with E-state index in [0.717, 1.165) is 6.07 Å². The number of sulfonamides is 1. The van der Waals surface area contributed by atoms with Gasteiger partial charge in [0.2, 0.25) is 15.9 Å². The molecule has 118 valence electrons. The maximum absolute atomic E-state index is 13.5. The van der Waals surface area contributed by atoms with Gasteiger partial charge in [-0.1, -0.05) is 0 Å². The van der Waals surface area contributed by atoms with Gasteiger partial charge in [-0.15, -0.1) is 0 Å². The molecular weight excluding hydrogens is 297 g/mol. The molecule has 0 heterocycles. The zero-order chi connectivity index (χ0) is 16.6. The maximum Gasteiger partial charge on any atom is 0.241 e. The Balaban J connectivity index is 3.33. The van der Waals surface area contributed by atoms with E-state index in [1.807, 2.05) is 0 Å². The number of nitrogens with one attached hydrogen (secondary N) is 1. The third-order valence-electron chi connectivity index (χ3n) is 3.00. The Bertz CT molecular complexity index is 684. The summed E-state index contributed by atoms with van der Waals surface area (Å²) >= 11 is 0. The fourth-order valence-corrected chi connectivity index (χ4v) is 4.13. The van der Waals surface area contributed by atoms with Crippen LogP contribution in [0.15, 0.2) is 11.0 Å². The molecule has 0 saturated heterocycles. The van der Waals surface area contributed by atoms with Crippen LogP contribution in [0.4, 0.5) is 10.1 Å². The number of amides is 1. The van der Waals surface area contributed by atoms with Crippen LogP contribution in [0.2, 0.25) is 0 Å². The second-order valence-corrected chi connectivity index (χ2v) is 7.29. The van der Waals surface area contributed by atoms with E-state index in [1.54, 1.807) is 0 Å². The van der Waals surface area contributed by atoms with Gasteiger partial charge < -0.3 is 11.5 Å². The number of aryl methyl sites for hydroxylation is 1. The summed E-state index contributed by atoms with van der Waals surface area (Å²) in [6, 6.07) is 1.07. The zero-order valence-electron chi connectivity index (χ0n) is 12.5. The van der Waals surface area contributed by atoms with E-state index in [0.29, 0.717) is 0 Å². The van der Waals surface area contributed by atoms with Gasteiger partial charge in [0.1, 0.15) is 5.82 Å². The normalized spacial score (nSPS) is 12.4. The Labute approximate surface area is 123 Å². The van der Waals surface area contributed by atoms with Crippen LogP contribution in [0.1, 0.15) is 31.4 Å². The second kappa shape index (κ2) is 5.61. The molecule has 1 aromatic rings. The van der Waals surface area contributed by atoms with Crippen molar-refractivity contribution in [2.75, 3.05) is 5.73 Å². The number of halogens is 1. The Morgan fingerprint density at radius 1 is 1.38 bits per heavy atom. The minimum absolute atomic E-state index is 0.0843. The number of hydrogen-bond acceptors (Lipinski definition) is 4.